The summed E-state index contributed by atoms with van der Waals surface area (Å²) in [5.74, 6) is 0.928. The summed E-state index contributed by atoms with van der Waals surface area (Å²) in [5.41, 5.74) is 1.29. The molecule has 20 heavy (non-hydrogen) atoms. The first-order valence-electron chi connectivity index (χ1n) is 7.39. The highest BCUT2D eigenvalue weighted by molar-refractivity contribution is 5.31. The highest BCUT2D eigenvalue weighted by atomic mass is 16.5. The van der Waals surface area contributed by atoms with Crippen molar-refractivity contribution >= 4 is 0 Å². The van der Waals surface area contributed by atoms with Crippen LogP contribution in [0.25, 0.3) is 0 Å². The number of unbranched alkanes of at least 4 members (excludes halogenated alkanes) is 1. The molecule has 0 aliphatic heterocycles. The number of benzene rings is 1. The third-order valence-corrected chi connectivity index (χ3v) is 3.49. The van der Waals surface area contributed by atoms with E-state index >= 15 is 0 Å². The Hall–Kier alpha value is -1.49. The molecule has 0 bridgehead atoms. The van der Waals surface area contributed by atoms with Crippen LogP contribution in [0.1, 0.15) is 59.4 Å². The van der Waals surface area contributed by atoms with Crippen molar-refractivity contribution in [1.82, 2.24) is 0 Å². The third kappa shape index (κ3) is 5.65. The average Bonchev–Trinajstić information content (AvgIpc) is 2.38. The van der Waals surface area contributed by atoms with Gasteiger partial charge in [-0.15, -0.1) is 0 Å². The molecule has 0 amide bonds. The van der Waals surface area contributed by atoms with Crippen LogP contribution >= 0.6 is 0 Å². The van der Waals surface area contributed by atoms with E-state index in [9.17, 15) is 0 Å². The summed E-state index contributed by atoms with van der Waals surface area (Å²) in [6, 6.07) is 10.7. The molecular weight excluding hydrogens is 246 g/mol. The number of hydrogen-bond donors (Lipinski definition) is 0. The first-order valence-corrected chi connectivity index (χ1v) is 7.39. The molecule has 0 unspecified atom stereocenters. The Morgan fingerprint density at radius 1 is 1.00 bits per heavy atom. The van der Waals surface area contributed by atoms with Gasteiger partial charge in [-0.1, -0.05) is 32.9 Å². The summed E-state index contributed by atoms with van der Waals surface area (Å²) in [5, 5.41) is 8.94. The van der Waals surface area contributed by atoms with Gasteiger partial charge in [0.15, 0.2) is 0 Å². The van der Waals surface area contributed by atoms with Crippen LogP contribution in [0.15, 0.2) is 24.3 Å². The van der Waals surface area contributed by atoms with Gasteiger partial charge < -0.3 is 4.74 Å². The Bertz CT molecular complexity index is 446. The summed E-state index contributed by atoms with van der Waals surface area (Å²) in [6.07, 6.45) is 2.95. The highest BCUT2D eigenvalue weighted by Gasteiger charge is 2.15. The average molecular weight is 273 g/mol. The van der Waals surface area contributed by atoms with Gasteiger partial charge >= 0.3 is 0 Å². The van der Waals surface area contributed by atoms with Gasteiger partial charge in [0.1, 0.15) is 5.75 Å². The lowest BCUT2D eigenvalue weighted by molar-refractivity contribution is 0.295. The molecule has 1 aromatic rings. The SMILES string of the molecule is CC(C)(C#N)CCCCOc1ccc(C(C)(C)C)cc1. The fourth-order valence-electron chi connectivity index (χ4n) is 1.97. The van der Waals surface area contributed by atoms with Crippen LogP contribution in [-0.2, 0) is 5.41 Å². The number of nitrogens with zero attached hydrogens (tertiary/aromatic N) is 1. The number of rotatable bonds is 6. The predicted molar refractivity (Wildman–Crippen MR) is 83.9 cm³/mol. The standard InChI is InChI=1S/C18H27NO/c1-17(2,3)15-8-10-16(11-9-15)20-13-7-6-12-18(4,5)14-19/h8-11H,6-7,12-13H2,1-5H3. The fourth-order valence-corrected chi connectivity index (χ4v) is 1.97. The molecule has 0 atom stereocenters. The summed E-state index contributed by atoms with van der Waals surface area (Å²) in [7, 11) is 0. The fraction of sp³-hybridized carbons (Fsp3) is 0.611. The summed E-state index contributed by atoms with van der Waals surface area (Å²) < 4.78 is 5.74. The lowest BCUT2D eigenvalue weighted by Gasteiger charge is -2.19. The minimum absolute atomic E-state index is 0.182. The van der Waals surface area contributed by atoms with Crippen LogP contribution in [0.4, 0.5) is 0 Å². The van der Waals surface area contributed by atoms with Gasteiger partial charge in [0, 0.05) is 0 Å². The molecular formula is C18H27NO. The van der Waals surface area contributed by atoms with Crippen molar-refractivity contribution in [2.45, 2.75) is 59.3 Å². The Balaban J connectivity index is 2.32. The van der Waals surface area contributed by atoms with Gasteiger partial charge in [0.25, 0.3) is 0 Å². The molecule has 0 saturated heterocycles. The van der Waals surface area contributed by atoms with Crippen molar-refractivity contribution in [1.29, 1.82) is 5.26 Å². The number of hydrogen-bond acceptors (Lipinski definition) is 2. The second-order valence-corrected chi connectivity index (χ2v) is 7.08. The Labute approximate surface area is 123 Å². The van der Waals surface area contributed by atoms with Crippen LogP contribution in [0, 0.1) is 16.7 Å². The maximum Gasteiger partial charge on any atom is 0.119 e. The van der Waals surface area contributed by atoms with Crippen LogP contribution in [0.2, 0.25) is 0 Å². The van der Waals surface area contributed by atoms with Gasteiger partial charge in [-0.3, -0.25) is 0 Å². The first kappa shape index (κ1) is 16.6. The lowest BCUT2D eigenvalue weighted by atomic mass is 9.87. The molecule has 0 N–H and O–H groups in total. The van der Waals surface area contributed by atoms with E-state index in [-0.39, 0.29) is 10.8 Å². The van der Waals surface area contributed by atoms with Gasteiger partial charge in [0.05, 0.1) is 18.1 Å². The topological polar surface area (TPSA) is 33.0 Å². The summed E-state index contributed by atoms with van der Waals surface area (Å²) >= 11 is 0. The molecule has 0 spiro atoms. The predicted octanol–water partition coefficient (Wildman–Crippen LogP) is 5.08. The molecule has 0 fully saturated rings. The maximum absolute atomic E-state index is 8.94. The summed E-state index contributed by atoms with van der Waals surface area (Å²) in [4.78, 5) is 0. The zero-order valence-corrected chi connectivity index (χ0v) is 13.5. The monoisotopic (exact) mass is 273 g/mol. The molecule has 110 valence electrons. The smallest absolute Gasteiger partial charge is 0.119 e. The van der Waals surface area contributed by atoms with Gasteiger partial charge in [-0.25, -0.2) is 0 Å². The molecule has 0 aromatic heterocycles. The molecule has 0 aliphatic rings. The first-order chi connectivity index (χ1) is 9.24. The maximum atomic E-state index is 8.94. The molecule has 2 nitrogen and oxygen atoms in total. The molecule has 0 radical (unpaired) electrons. The number of nitriles is 1. The van der Waals surface area contributed by atoms with E-state index in [4.69, 9.17) is 10.00 Å². The Morgan fingerprint density at radius 3 is 2.10 bits per heavy atom. The third-order valence-electron chi connectivity index (χ3n) is 3.49. The van der Waals surface area contributed by atoms with Crippen molar-refractivity contribution in [2.75, 3.05) is 6.61 Å². The van der Waals surface area contributed by atoms with Crippen molar-refractivity contribution < 1.29 is 4.74 Å². The summed E-state index contributed by atoms with van der Waals surface area (Å²) in [6.45, 7) is 11.3. The largest absolute Gasteiger partial charge is 0.494 e. The highest BCUT2D eigenvalue weighted by Crippen LogP contribution is 2.25. The van der Waals surface area contributed by atoms with Crippen LogP contribution in [0.5, 0.6) is 5.75 Å². The van der Waals surface area contributed by atoms with E-state index in [1.165, 1.54) is 5.56 Å². The molecule has 1 aromatic carbocycles. The normalized spacial score (nSPS) is 12.0. The van der Waals surface area contributed by atoms with Crippen molar-refractivity contribution in [2.24, 2.45) is 5.41 Å². The van der Waals surface area contributed by atoms with E-state index in [0.717, 1.165) is 31.6 Å². The van der Waals surface area contributed by atoms with Crippen LogP contribution in [0.3, 0.4) is 0 Å². The Kier molecular flexibility index (Phi) is 5.62. The zero-order valence-electron chi connectivity index (χ0n) is 13.5. The van der Waals surface area contributed by atoms with E-state index in [0.29, 0.717) is 0 Å². The second-order valence-electron chi connectivity index (χ2n) is 7.08. The van der Waals surface area contributed by atoms with Gasteiger partial charge in [-0.2, -0.15) is 5.26 Å². The molecule has 0 heterocycles. The van der Waals surface area contributed by atoms with Crippen LogP contribution in [-0.4, -0.2) is 6.61 Å². The van der Waals surface area contributed by atoms with E-state index < -0.39 is 0 Å². The molecule has 2 heteroatoms. The van der Waals surface area contributed by atoms with E-state index in [2.05, 4.69) is 39.0 Å². The van der Waals surface area contributed by atoms with Crippen LogP contribution < -0.4 is 4.74 Å². The zero-order chi connectivity index (χ0) is 15.2. The quantitative estimate of drug-likeness (QED) is 0.677. The van der Waals surface area contributed by atoms with Crippen molar-refractivity contribution in [3.05, 3.63) is 29.8 Å². The lowest BCUT2D eigenvalue weighted by Crippen LogP contribution is -2.10. The minimum atomic E-state index is -0.214. The number of ether oxygens (including phenoxy) is 1. The van der Waals surface area contributed by atoms with Gasteiger partial charge in [0.2, 0.25) is 0 Å². The van der Waals surface area contributed by atoms with E-state index in [1.54, 1.807) is 0 Å². The van der Waals surface area contributed by atoms with E-state index in [1.807, 2.05) is 26.0 Å². The van der Waals surface area contributed by atoms with Crippen molar-refractivity contribution in [3.8, 4) is 11.8 Å². The van der Waals surface area contributed by atoms with Crippen molar-refractivity contribution in [3.63, 3.8) is 0 Å². The second kappa shape index (κ2) is 6.79. The molecule has 1 rings (SSSR count). The molecule has 0 saturated carbocycles. The molecule has 0 aliphatic carbocycles. The van der Waals surface area contributed by atoms with Gasteiger partial charge in [-0.05, 0) is 56.2 Å². The minimum Gasteiger partial charge on any atom is -0.494 e. The Morgan fingerprint density at radius 2 is 1.60 bits per heavy atom.